The summed E-state index contributed by atoms with van der Waals surface area (Å²) in [5.74, 6) is -0.111. The quantitative estimate of drug-likeness (QED) is 0.918. The van der Waals surface area contributed by atoms with E-state index in [9.17, 15) is 9.18 Å². The van der Waals surface area contributed by atoms with Gasteiger partial charge in [-0.2, -0.15) is 0 Å². The first-order valence-electron chi connectivity index (χ1n) is 5.99. The van der Waals surface area contributed by atoms with Crippen LogP contribution in [0.1, 0.15) is 5.56 Å². The molecular weight excluding hydrogens is 325 g/mol. The molecule has 2 aromatic carbocycles. The fraction of sp³-hybridized carbons (Fsp3) is 0.133. The lowest BCUT2D eigenvalue weighted by Gasteiger charge is -2.09. The lowest BCUT2D eigenvalue weighted by molar-refractivity contribution is -0.118. The van der Waals surface area contributed by atoms with Crippen LogP contribution in [0.25, 0.3) is 0 Å². The van der Waals surface area contributed by atoms with Gasteiger partial charge in [0.05, 0.1) is 5.69 Å². The number of halogens is 2. The highest BCUT2D eigenvalue weighted by Gasteiger charge is 2.07. The Bertz CT molecular complexity index is 631. The van der Waals surface area contributed by atoms with Crippen molar-refractivity contribution in [3.63, 3.8) is 0 Å². The van der Waals surface area contributed by atoms with Crippen molar-refractivity contribution in [3.8, 4) is 5.75 Å². The molecule has 1 N–H and O–H groups in total. The third kappa shape index (κ3) is 3.81. The molecule has 0 heterocycles. The van der Waals surface area contributed by atoms with Crippen molar-refractivity contribution in [1.29, 1.82) is 0 Å². The van der Waals surface area contributed by atoms with E-state index in [1.165, 1.54) is 12.1 Å². The summed E-state index contributed by atoms with van der Waals surface area (Å²) in [5, 5.41) is 2.72. The van der Waals surface area contributed by atoms with Gasteiger partial charge in [-0.25, -0.2) is 4.39 Å². The lowest BCUT2D eigenvalue weighted by atomic mass is 10.2. The maximum absolute atomic E-state index is 13.1. The minimum atomic E-state index is -0.296. The van der Waals surface area contributed by atoms with Crippen LogP contribution in [0.5, 0.6) is 5.75 Å². The van der Waals surface area contributed by atoms with E-state index < -0.39 is 0 Å². The first-order valence-corrected chi connectivity index (χ1v) is 6.79. The van der Waals surface area contributed by atoms with Gasteiger partial charge >= 0.3 is 0 Å². The van der Waals surface area contributed by atoms with Crippen LogP contribution in [0.3, 0.4) is 0 Å². The van der Waals surface area contributed by atoms with Gasteiger partial charge in [-0.05, 0) is 58.7 Å². The van der Waals surface area contributed by atoms with Crippen LogP contribution in [0.15, 0.2) is 46.9 Å². The standard InChI is InChI=1S/C15H13BrFNO2/c1-10-8-11(6-7-13(10)17)20-9-15(19)18-14-5-3-2-4-12(14)16/h2-8H,9H2,1H3,(H,18,19). The minimum absolute atomic E-state index is 0.133. The first-order chi connectivity index (χ1) is 9.56. The van der Waals surface area contributed by atoms with E-state index in [1.54, 1.807) is 19.1 Å². The van der Waals surface area contributed by atoms with Gasteiger partial charge in [0.15, 0.2) is 6.61 Å². The van der Waals surface area contributed by atoms with Crippen LogP contribution in [0, 0.1) is 12.7 Å². The van der Waals surface area contributed by atoms with Crippen molar-refractivity contribution in [1.82, 2.24) is 0 Å². The monoisotopic (exact) mass is 337 g/mol. The summed E-state index contributed by atoms with van der Waals surface area (Å²) in [5.41, 5.74) is 1.16. The van der Waals surface area contributed by atoms with Gasteiger partial charge in [0.25, 0.3) is 5.91 Å². The second-order valence-corrected chi connectivity index (χ2v) is 5.08. The minimum Gasteiger partial charge on any atom is -0.484 e. The molecule has 0 radical (unpaired) electrons. The Morgan fingerprint density at radius 2 is 2.05 bits per heavy atom. The number of nitrogens with one attached hydrogen (secondary N) is 1. The molecule has 0 aliphatic carbocycles. The number of rotatable bonds is 4. The molecule has 2 aromatic rings. The van der Waals surface area contributed by atoms with Gasteiger partial charge in [0.2, 0.25) is 0 Å². The average molecular weight is 338 g/mol. The van der Waals surface area contributed by atoms with E-state index in [0.29, 0.717) is 17.0 Å². The Labute approximate surface area is 124 Å². The van der Waals surface area contributed by atoms with Crippen molar-refractivity contribution in [2.75, 3.05) is 11.9 Å². The molecule has 2 rings (SSSR count). The Hall–Kier alpha value is -1.88. The van der Waals surface area contributed by atoms with Crippen LogP contribution < -0.4 is 10.1 Å². The number of anilines is 1. The zero-order chi connectivity index (χ0) is 14.5. The molecule has 3 nitrogen and oxygen atoms in total. The highest BCUT2D eigenvalue weighted by molar-refractivity contribution is 9.10. The smallest absolute Gasteiger partial charge is 0.262 e. The van der Waals surface area contributed by atoms with Gasteiger partial charge in [-0.1, -0.05) is 12.1 Å². The number of carbonyl (C=O) groups is 1. The van der Waals surface area contributed by atoms with E-state index in [1.807, 2.05) is 18.2 Å². The molecule has 0 fully saturated rings. The van der Waals surface area contributed by atoms with E-state index in [4.69, 9.17) is 4.74 Å². The molecule has 20 heavy (non-hydrogen) atoms. The highest BCUT2D eigenvalue weighted by Crippen LogP contribution is 2.21. The topological polar surface area (TPSA) is 38.3 Å². The maximum Gasteiger partial charge on any atom is 0.262 e. The summed E-state index contributed by atoms with van der Waals surface area (Å²) in [6.45, 7) is 1.51. The Morgan fingerprint density at radius 1 is 1.30 bits per heavy atom. The Kier molecular flexibility index (Phi) is 4.74. The SMILES string of the molecule is Cc1cc(OCC(=O)Nc2ccccc2Br)ccc1F. The lowest BCUT2D eigenvalue weighted by Crippen LogP contribution is -2.20. The zero-order valence-corrected chi connectivity index (χ0v) is 12.4. The maximum atomic E-state index is 13.1. The number of aryl methyl sites for hydroxylation is 1. The average Bonchev–Trinajstić information content (AvgIpc) is 2.43. The fourth-order valence-corrected chi connectivity index (χ4v) is 1.99. The van der Waals surface area contributed by atoms with Gasteiger partial charge in [0, 0.05) is 4.47 Å². The summed E-state index contributed by atoms with van der Waals surface area (Å²) < 4.78 is 19.2. The summed E-state index contributed by atoms with van der Waals surface area (Å²) >= 11 is 3.34. The summed E-state index contributed by atoms with van der Waals surface area (Å²) in [4.78, 5) is 11.8. The molecular formula is C15H13BrFNO2. The van der Waals surface area contributed by atoms with Gasteiger partial charge < -0.3 is 10.1 Å². The fourth-order valence-electron chi connectivity index (χ4n) is 1.60. The van der Waals surface area contributed by atoms with Crippen LogP contribution in [-0.4, -0.2) is 12.5 Å². The van der Waals surface area contributed by atoms with E-state index in [-0.39, 0.29) is 18.3 Å². The number of para-hydroxylation sites is 1. The molecule has 1 amide bonds. The van der Waals surface area contributed by atoms with Crippen LogP contribution in [0.4, 0.5) is 10.1 Å². The predicted octanol–water partition coefficient (Wildman–Crippen LogP) is 3.91. The third-order valence-electron chi connectivity index (χ3n) is 2.65. The van der Waals surface area contributed by atoms with Crippen LogP contribution >= 0.6 is 15.9 Å². The van der Waals surface area contributed by atoms with Crippen molar-refractivity contribution in [2.45, 2.75) is 6.92 Å². The molecule has 0 aromatic heterocycles. The molecule has 0 bridgehead atoms. The number of carbonyl (C=O) groups excluding carboxylic acids is 1. The first kappa shape index (κ1) is 14.5. The largest absolute Gasteiger partial charge is 0.484 e. The van der Waals surface area contributed by atoms with Crippen molar-refractivity contribution in [3.05, 3.63) is 58.3 Å². The van der Waals surface area contributed by atoms with E-state index in [2.05, 4.69) is 21.2 Å². The highest BCUT2D eigenvalue weighted by atomic mass is 79.9. The van der Waals surface area contributed by atoms with Crippen molar-refractivity contribution >= 4 is 27.5 Å². The van der Waals surface area contributed by atoms with Crippen molar-refractivity contribution in [2.24, 2.45) is 0 Å². The number of ether oxygens (including phenoxy) is 1. The van der Waals surface area contributed by atoms with E-state index >= 15 is 0 Å². The molecule has 104 valence electrons. The molecule has 0 atom stereocenters. The molecule has 5 heteroatoms. The molecule has 0 aliphatic rings. The predicted molar refractivity (Wildman–Crippen MR) is 79.4 cm³/mol. The summed E-state index contributed by atoms with van der Waals surface area (Å²) in [6, 6.07) is 11.7. The normalized spacial score (nSPS) is 10.2. The summed E-state index contributed by atoms with van der Waals surface area (Å²) in [6.07, 6.45) is 0. The molecule has 0 unspecified atom stereocenters. The van der Waals surface area contributed by atoms with Gasteiger partial charge in [0.1, 0.15) is 11.6 Å². The Balaban J connectivity index is 1.92. The number of benzene rings is 2. The summed E-state index contributed by atoms with van der Waals surface area (Å²) in [7, 11) is 0. The third-order valence-corrected chi connectivity index (χ3v) is 3.34. The Morgan fingerprint density at radius 3 is 2.75 bits per heavy atom. The van der Waals surface area contributed by atoms with Crippen molar-refractivity contribution < 1.29 is 13.9 Å². The molecule has 0 spiro atoms. The number of amides is 1. The van der Waals surface area contributed by atoms with Crippen LogP contribution in [0.2, 0.25) is 0 Å². The zero-order valence-electron chi connectivity index (χ0n) is 10.8. The second kappa shape index (κ2) is 6.52. The second-order valence-electron chi connectivity index (χ2n) is 4.23. The molecule has 0 aliphatic heterocycles. The molecule has 0 saturated heterocycles. The van der Waals surface area contributed by atoms with Crippen LogP contribution in [-0.2, 0) is 4.79 Å². The van der Waals surface area contributed by atoms with E-state index in [0.717, 1.165) is 4.47 Å². The van der Waals surface area contributed by atoms with Gasteiger partial charge in [-0.3, -0.25) is 4.79 Å². The number of hydrogen-bond donors (Lipinski definition) is 1. The molecule has 0 saturated carbocycles. The number of hydrogen-bond acceptors (Lipinski definition) is 2. The van der Waals surface area contributed by atoms with Gasteiger partial charge in [-0.15, -0.1) is 0 Å².